The molecule has 2 saturated heterocycles. The minimum atomic E-state index is -0.890. The molecule has 6 nitrogen and oxygen atoms in total. The number of amides is 1. The summed E-state index contributed by atoms with van der Waals surface area (Å²) in [6.45, 7) is 0.821. The molecule has 0 aromatic heterocycles. The normalized spacial score (nSPS) is 20.0. The Morgan fingerprint density at radius 3 is 2.45 bits per heavy atom. The van der Waals surface area contributed by atoms with Crippen LogP contribution in [0.4, 0.5) is 0 Å². The molecule has 0 aliphatic carbocycles. The van der Waals surface area contributed by atoms with Crippen LogP contribution in [0, 0.1) is 24.7 Å². The topological polar surface area (TPSA) is 50.3 Å². The van der Waals surface area contributed by atoms with Gasteiger partial charge in [0.15, 0.2) is 0 Å². The van der Waals surface area contributed by atoms with Crippen LogP contribution in [0.1, 0.15) is 0 Å². The second-order valence-corrected chi connectivity index (χ2v) is 8.14. The molecule has 10 heteroatoms. The van der Waals surface area contributed by atoms with Crippen molar-refractivity contribution in [2.75, 3.05) is 19.6 Å². The van der Waals surface area contributed by atoms with Crippen LogP contribution in [0.3, 0.4) is 0 Å². The monoisotopic (exact) mass is 465 g/mol. The Kier molecular flexibility index (Phi) is 5.52. The van der Waals surface area contributed by atoms with Crippen molar-refractivity contribution < 1.29 is 31.5 Å². The van der Waals surface area contributed by atoms with E-state index in [9.17, 15) is 10.0 Å². The number of hydrogen-bond acceptors (Lipinski definition) is 5. The van der Waals surface area contributed by atoms with Crippen molar-refractivity contribution in [3.63, 3.8) is 0 Å². The molecule has 0 aromatic rings. The Bertz CT molecular complexity index is 641. The van der Waals surface area contributed by atoms with Crippen LogP contribution >= 0.6 is 36.7 Å². The van der Waals surface area contributed by atoms with E-state index in [1.807, 2.05) is 8.01 Å². The molecule has 2 fully saturated rings. The number of alkyl halides is 1. The first-order chi connectivity index (χ1) is 10.4. The molecule has 116 valence electrons. The maximum atomic E-state index is 11.5. The number of rotatable bonds is 4. The maximum absolute atomic E-state index is 11.5. The van der Waals surface area contributed by atoms with Gasteiger partial charge in [-0.15, -0.1) is 0 Å². The molecule has 1 N–H and O–H groups in total. The zero-order chi connectivity index (χ0) is 16.4. The molecular weight excluding hydrogens is 455 g/mol. The Labute approximate surface area is 155 Å². The van der Waals surface area contributed by atoms with Crippen molar-refractivity contribution in [2.45, 2.75) is 4.05 Å². The quantitative estimate of drug-likeness (QED) is 0.0879. The summed E-state index contributed by atoms with van der Waals surface area (Å²) in [6.07, 6.45) is 10.9. The SMILES string of the molecule is C#CCN1CC(=S)N([I-]C(C#C)N2CC(=O)N(O)C2=S)C1=S. The zero-order valence-electron chi connectivity index (χ0n) is 11.1. The van der Waals surface area contributed by atoms with Crippen molar-refractivity contribution in [1.29, 1.82) is 0 Å². The van der Waals surface area contributed by atoms with E-state index in [1.54, 1.807) is 0 Å². The summed E-state index contributed by atoms with van der Waals surface area (Å²) in [5.41, 5.74) is 0. The summed E-state index contributed by atoms with van der Waals surface area (Å²) in [6, 6.07) is 0. The van der Waals surface area contributed by atoms with Gasteiger partial charge in [-0.3, -0.25) is 0 Å². The molecule has 2 rings (SSSR count). The van der Waals surface area contributed by atoms with Gasteiger partial charge in [0.2, 0.25) is 0 Å². The summed E-state index contributed by atoms with van der Waals surface area (Å²) in [5, 5.41) is 10.5. The van der Waals surface area contributed by atoms with E-state index in [0.29, 0.717) is 28.3 Å². The molecular formula is C12H10IN4O2S3-. The van der Waals surface area contributed by atoms with Gasteiger partial charge in [-0.05, 0) is 0 Å². The van der Waals surface area contributed by atoms with Gasteiger partial charge in [0.25, 0.3) is 0 Å². The Morgan fingerprint density at radius 1 is 1.27 bits per heavy atom. The Balaban J connectivity index is 2.12. The summed E-state index contributed by atoms with van der Waals surface area (Å²) in [5.74, 6) is 4.63. The molecule has 2 aliphatic heterocycles. The summed E-state index contributed by atoms with van der Waals surface area (Å²) < 4.78 is 1.38. The summed E-state index contributed by atoms with van der Waals surface area (Å²) >= 11 is 14.8. The van der Waals surface area contributed by atoms with Gasteiger partial charge in [-0.1, -0.05) is 0 Å². The van der Waals surface area contributed by atoms with Crippen molar-refractivity contribution in [3.05, 3.63) is 0 Å². The van der Waals surface area contributed by atoms with Crippen LogP contribution in [0.25, 0.3) is 0 Å². The van der Waals surface area contributed by atoms with Gasteiger partial charge in [0, 0.05) is 0 Å². The molecule has 1 unspecified atom stereocenters. The Morgan fingerprint density at radius 2 is 1.95 bits per heavy atom. The summed E-state index contributed by atoms with van der Waals surface area (Å²) in [7, 11) is 0. The summed E-state index contributed by atoms with van der Waals surface area (Å²) in [4.78, 5) is 15.5. The van der Waals surface area contributed by atoms with Gasteiger partial charge in [0.05, 0.1) is 0 Å². The molecule has 0 aromatic carbocycles. The standard InChI is InChI=1S/C12H10IN4O2S3/c1-3-5-14-7-10(20)16(11(14)21)13-8(4-2)15-6-9(18)17(19)12(15)22/h1-2,8,19H,5-7H2/q-1. The van der Waals surface area contributed by atoms with Crippen molar-refractivity contribution in [2.24, 2.45) is 0 Å². The van der Waals surface area contributed by atoms with Crippen molar-refractivity contribution >= 4 is 57.8 Å². The predicted molar refractivity (Wildman–Crippen MR) is 88.0 cm³/mol. The molecule has 2 aliphatic rings. The number of thiocarbonyl (C=S) groups is 3. The first-order valence-corrected chi connectivity index (χ1v) is 9.31. The van der Waals surface area contributed by atoms with E-state index in [2.05, 4.69) is 11.8 Å². The van der Waals surface area contributed by atoms with E-state index in [1.165, 1.54) is 4.90 Å². The predicted octanol–water partition coefficient (Wildman–Crippen LogP) is -3.37. The van der Waals surface area contributed by atoms with Crippen LogP contribution < -0.4 is 21.5 Å². The fraction of sp³-hybridized carbons (Fsp3) is 0.333. The molecule has 1 atom stereocenters. The van der Waals surface area contributed by atoms with Gasteiger partial charge >= 0.3 is 156 Å². The van der Waals surface area contributed by atoms with E-state index in [4.69, 9.17) is 49.5 Å². The van der Waals surface area contributed by atoms with E-state index in [0.717, 1.165) is 0 Å². The molecule has 22 heavy (non-hydrogen) atoms. The van der Waals surface area contributed by atoms with Crippen molar-refractivity contribution in [1.82, 2.24) is 18.0 Å². The number of halogens is 1. The van der Waals surface area contributed by atoms with Gasteiger partial charge < -0.3 is 0 Å². The average Bonchev–Trinajstić information content (AvgIpc) is 2.89. The fourth-order valence-corrected chi connectivity index (χ4v) is 5.79. The molecule has 2 heterocycles. The Hall–Kier alpha value is -1.05. The van der Waals surface area contributed by atoms with Crippen LogP contribution in [0.5, 0.6) is 0 Å². The van der Waals surface area contributed by atoms with Gasteiger partial charge in [0.1, 0.15) is 0 Å². The number of hydroxylamine groups is 2. The van der Waals surface area contributed by atoms with Crippen molar-refractivity contribution in [3.8, 4) is 24.7 Å². The first-order valence-electron chi connectivity index (χ1n) is 5.88. The minimum absolute atomic E-state index is 0.00386. The second kappa shape index (κ2) is 7.02. The fourth-order valence-electron chi connectivity index (χ4n) is 1.80. The average molecular weight is 465 g/mol. The molecule has 0 spiro atoms. The second-order valence-electron chi connectivity index (χ2n) is 4.23. The number of terminal acetylenes is 2. The van der Waals surface area contributed by atoms with E-state index < -0.39 is 31.4 Å². The number of hydrogen-bond donors (Lipinski definition) is 1. The first kappa shape index (κ1) is 17.3. The molecule has 0 bridgehead atoms. The van der Waals surface area contributed by atoms with Crippen LogP contribution in [0.2, 0.25) is 0 Å². The zero-order valence-corrected chi connectivity index (χ0v) is 15.7. The number of carbonyl (C=O) groups excluding carboxylic acids is 1. The van der Waals surface area contributed by atoms with E-state index >= 15 is 0 Å². The third-order valence-corrected chi connectivity index (χ3v) is 7.81. The molecule has 0 saturated carbocycles. The van der Waals surface area contributed by atoms with Gasteiger partial charge in [-0.2, -0.15) is 0 Å². The van der Waals surface area contributed by atoms with Gasteiger partial charge in [-0.25, -0.2) is 0 Å². The molecule has 1 amide bonds. The third-order valence-electron chi connectivity index (χ3n) is 2.84. The van der Waals surface area contributed by atoms with E-state index in [-0.39, 0.29) is 11.7 Å². The van der Waals surface area contributed by atoms with Crippen LogP contribution in [0.15, 0.2) is 0 Å². The third kappa shape index (κ3) is 3.16. The number of nitrogens with zero attached hydrogens (tertiary/aromatic N) is 4. The molecule has 0 radical (unpaired) electrons. The number of carbonyl (C=O) groups is 1. The van der Waals surface area contributed by atoms with Crippen LogP contribution in [-0.4, -0.2) is 68.0 Å². The van der Waals surface area contributed by atoms with Crippen LogP contribution in [-0.2, 0) is 4.79 Å².